The first-order valence-electron chi connectivity index (χ1n) is 8.24. The van der Waals surface area contributed by atoms with Gasteiger partial charge < -0.3 is 10.2 Å². The van der Waals surface area contributed by atoms with E-state index in [1.807, 2.05) is 29.2 Å². The van der Waals surface area contributed by atoms with Crippen LogP contribution in [0.15, 0.2) is 42.6 Å². The van der Waals surface area contributed by atoms with Crippen molar-refractivity contribution in [3.63, 3.8) is 0 Å². The minimum absolute atomic E-state index is 0.0389. The molecule has 4 heteroatoms. The maximum atomic E-state index is 13.0. The summed E-state index contributed by atoms with van der Waals surface area (Å²) in [6, 6.07) is 12.3. The van der Waals surface area contributed by atoms with Crippen molar-refractivity contribution >= 4 is 17.4 Å². The number of carbonyl (C=O) groups is 1. The van der Waals surface area contributed by atoms with E-state index in [2.05, 4.69) is 37.1 Å². The summed E-state index contributed by atoms with van der Waals surface area (Å²) in [5.74, 6) is 0.794. The van der Waals surface area contributed by atoms with Crippen LogP contribution in [0.2, 0.25) is 0 Å². The van der Waals surface area contributed by atoms with Gasteiger partial charge in [-0.1, -0.05) is 25.1 Å². The number of carbonyl (C=O) groups excluding carboxylic acids is 1. The number of hydrogen-bond acceptors (Lipinski definition) is 3. The summed E-state index contributed by atoms with van der Waals surface area (Å²) in [7, 11) is 0. The van der Waals surface area contributed by atoms with Crippen molar-refractivity contribution in [2.75, 3.05) is 10.2 Å². The van der Waals surface area contributed by atoms with E-state index in [0.29, 0.717) is 11.6 Å². The summed E-state index contributed by atoms with van der Waals surface area (Å²) in [5, 5.41) is 3.33. The molecule has 1 aromatic carbocycles. The van der Waals surface area contributed by atoms with Gasteiger partial charge in [0.2, 0.25) is 0 Å². The molecule has 23 heavy (non-hydrogen) atoms. The number of fused-ring (bicyclic) bond motifs is 1. The molecule has 1 aliphatic heterocycles. The molecule has 0 radical (unpaired) electrons. The Morgan fingerprint density at radius 1 is 1.39 bits per heavy atom. The first-order valence-corrected chi connectivity index (χ1v) is 8.24. The molecular weight excluding hydrogens is 286 g/mol. The van der Waals surface area contributed by atoms with Crippen LogP contribution in [0.1, 0.15) is 43.1 Å². The van der Waals surface area contributed by atoms with Gasteiger partial charge in [0.05, 0.1) is 0 Å². The maximum Gasteiger partial charge on any atom is 0.258 e. The van der Waals surface area contributed by atoms with Crippen molar-refractivity contribution in [3.05, 3.63) is 53.7 Å². The average Bonchev–Trinajstić information content (AvgIpc) is 2.90. The van der Waals surface area contributed by atoms with Crippen LogP contribution in [-0.4, -0.2) is 23.0 Å². The third-order valence-corrected chi connectivity index (χ3v) is 4.44. The van der Waals surface area contributed by atoms with Crippen molar-refractivity contribution in [1.82, 2.24) is 4.98 Å². The van der Waals surface area contributed by atoms with Crippen LogP contribution in [-0.2, 0) is 6.42 Å². The third kappa shape index (κ3) is 3.07. The zero-order chi connectivity index (χ0) is 16.4. The molecule has 1 N–H and O–H groups in total. The second kappa shape index (κ2) is 6.41. The lowest BCUT2D eigenvalue weighted by Gasteiger charge is -2.23. The molecule has 2 atom stereocenters. The smallest absolute Gasteiger partial charge is 0.258 e. The topological polar surface area (TPSA) is 45.2 Å². The monoisotopic (exact) mass is 309 g/mol. The van der Waals surface area contributed by atoms with E-state index in [1.54, 1.807) is 12.3 Å². The number of pyridine rings is 1. The lowest BCUT2D eigenvalue weighted by atomic mass is 10.1. The molecule has 1 amide bonds. The highest BCUT2D eigenvalue weighted by Gasteiger charge is 2.31. The van der Waals surface area contributed by atoms with Crippen LogP contribution in [0.25, 0.3) is 0 Å². The Morgan fingerprint density at radius 2 is 2.17 bits per heavy atom. The van der Waals surface area contributed by atoms with Gasteiger partial charge in [-0.15, -0.1) is 0 Å². The standard InChI is InChI=1S/C19H23N3O/c1-4-13(2)21-18-12-16(9-10-20-18)19(23)22-14(3)11-15-7-5-6-8-17(15)22/h5-10,12-14H,4,11H2,1-3H3,(H,20,21). The Kier molecular flexibility index (Phi) is 4.33. The summed E-state index contributed by atoms with van der Waals surface area (Å²) >= 11 is 0. The zero-order valence-corrected chi connectivity index (χ0v) is 13.9. The molecule has 0 aliphatic carbocycles. The number of rotatable bonds is 4. The van der Waals surface area contributed by atoms with Gasteiger partial charge in [0.15, 0.2) is 0 Å². The van der Waals surface area contributed by atoms with E-state index < -0.39 is 0 Å². The molecule has 2 aromatic rings. The summed E-state index contributed by atoms with van der Waals surface area (Å²) in [4.78, 5) is 19.2. The number of nitrogens with one attached hydrogen (secondary N) is 1. The lowest BCUT2D eigenvalue weighted by molar-refractivity contribution is 0.0981. The lowest BCUT2D eigenvalue weighted by Crippen LogP contribution is -2.35. The molecule has 0 spiro atoms. The predicted molar refractivity (Wildman–Crippen MR) is 94.0 cm³/mol. The minimum atomic E-state index is 0.0389. The maximum absolute atomic E-state index is 13.0. The van der Waals surface area contributed by atoms with Crippen molar-refractivity contribution in [1.29, 1.82) is 0 Å². The number of aromatic nitrogens is 1. The van der Waals surface area contributed by atoms with E-state index >= 15 is 0 Å². The Balaban J connectivity index is 1.88. The first-order chi connectivity index (χ1) is 11.1. The molecule has 0 saturated heterocycles. The molecule has 0 saturated carbocycles. The molecule has 0 bridgehead atoms. The number of hydrogen-bond donors (Lipinski definition) is 1. The SMILES string of the molecule is CCC(C)Nc1cc(C(=O)N2c3ccccc3CC2C)ccn1. The Hall–Kier alpha value is -2.36. The Morgan fingerprint density at radius 3 is 2.96 bits per heavy atom. The second-order valence-corrected chi connectivity index (χ2v) is 6.24. The van der Waals surface area contributed by atoms with Crippen LogP contribution in [0.5, 0.6) is 0 Å². The molecule has 1 aliphatic rings. The van der Waals surface area contributed by atoms with E-state index in [9.17, 15) is 4.79 Å². The normalized spacial score (nSPS) is 17.7. The van der Waals surface area contributed by atoms with Crippen molar-refractivity contribution in [3.8, 4) is 0 Å². The highest BCUT2D eigenvalue weighted by Crippen LogP contribution is 2.33. The quantitative estimate of drug-likeness (QED) is 0.932. The van der Waals surface area contributed by atoms with Crippen molar-refractivity contribution < 1.29 is 4.79 Å². The summed E-state index contributed by atoms with van der Waals surface area (Å²) in [5.41, 5.74) is 2.94. The van der Waals surface area contributed by atoms with Crippen LogP contribution in [0, 0.1) is 0 Å². The fourth-order valence-electron chi connectivity index (χ4n) is 3.01. The van der Waals surface area contributed by atoms with Crippen LogP contribution < -0.4 is 10.2 Å². The number of nitrogens with zero attached hydrogens (tertiary/aromatic N) is 2. The summed E-state index contributed by atoms with van der Waals surface area (Å²) < 4.78 is 0. The van der Waals surface area contributed by atoms with Crippen LogP contribution in [0.4, 0.5) is 11.5 Å². The first kappa shape index (κ1) is 15.5. The zero-order valence-electron chi connectivity index (χ0n) is 13.9. The van der Waals surface area contributed by atoms with E-state index in [-0.39, 0.29) is 11.9 Å². The molecule has 3 rings (SSSR count). The van der Waals surface area contributed by atoms with E-state index in [4.69, 9.17) is 0 Å². The molecule has 120 valence electrons. The predicted octanol–water partition coefficient (Wildman–Crippen LogP) is 3.88. The van der Waals surface area contributed by atoms with Gasteiger partial charge in [-0.25, -0.2) is 4.98 Å². The van der Waals surface area contributed by atoms with Crippen molar-refractivity contribution in [2.45, 2.75) is 45.7 Å². The third-order valence-electron chi connectivity index (χ3n) is 4.44. The minimum Gasteiger partial charge on any atom is -0.368 e. The Labute approximate surface area is 137 Å². The largest absolute Gasteiger partial charge is 0.368 e. The van der Waals surface area contributed by atoms with E-state index in [0.717, 1.165) is 24.3 Å². The number of para-hydroxylation sites is 1. The highest BCUT2D eigenvalue weighted by atomic mass is 16.2. The molecular formula is C19H23N3O. The molecule has 0 fully saturated rings. The molecule has 1 aromatic heterocycles. The van der Waals surface area contributed by atoms with Gasteiger partial charge in [0, 0.05) is 29.5 Å². The molecule has 4 nitrogen and oxygen atoms in total. The van der Waals surface area contributed by atoms with Crippen molar-refractivity contribution in [2.24, 2.45) is 0 Å². The van der Waals surface area contributed by atoms with E-state index in [1.165, 1.54) is 5.56 Å². The van der Waals surface area contributed by atoms with Gasteiger partial charge in [-0.2, -0.15) is 0 Å². The number of benzene rings is 1. The van der Waals surface area contributed by atoms with Gasteiger partial charge in [0.25, 0.3) is 5.91 Å². The highest BCUT2D eigenvalue weighted by molar-refractivity contribution is 6.08. The van der Waals surface area contributed by atoms with Gasteiger partial charge in [-0.05, 0) is 50.5 Å². The summed E-state index contributed by atoms with van der Waals surface area (Å²) in [6.45, 7) is 6.32. The molecule has 2 unspecified atom stereocenters. The van der Waals surface area contributed by atoms with Gasteiger partial charge in [0.1, 0.15) is 5.82 Å². The van der Waals surface area contributed by atoms with Gasteiger partial charge in [-0.3, -0.25) is 4.79 Å². The fourth-order valence-corrected chi connectivity index (χ4v) is 3.01. The number of anilines is 2. The average molecular weight is 309 g/mol. The van der Waals surface area contributed by atoms with Gasteiger partial charge >= 0.3 is 0 Å². The Bertz CT molecular complexity index is 713. The summed E-state index contributed by atoms with van der Waals surface area (Å²) in [6.07, 6.45) is 3.62. The second-order valence-electron chi connectivity index (χ2n) is 6.24. The fraction of sp³-hybridized carbons (Fsp3) is 0.368. The molecule has 2 heterocycles. The number of amides is 1. The van der Waals surface area contributed by atoms with Crippen LogP contribution >= 0.6 is 0 Å². The van der Waals surface area contributed by atoms with Crippen LogP contribution in [0.3, 0.4) is 0 Å².